The zero-order chi connectivity index (χ0) is 24.8. The highest BCUT2D eigenvalue weighted by molar-refractivity contribution is 7.21. The summed E-state index contributed by atoms with van der Waals surface area (Å²) in [5.41, 5.74) is 1.84. The van der Waals surface area contributed by atoms with Crippen molar-refractivity contribution < 1.29 is 23.5 Å². The predicted octanol–water partition coefficient (Wildman–Crippen LogP) is 4.33. The first-order valence-electron chi connectivity index (χ1n) is 10.8. The predicted molar refractivity (Wildman–Crippen MR) is 136 cm³/mol. The second-order valence-corrected chi connectivity index (χ2v) is 8.42. The molecule has 8 nitrogen and oxygen atoms in total. The highest BCUT2D eigenvalue weighted by atomic mass is 32.1. The summed E-state index contributed by atoms with van der Waals surface area (Å²) in [7, 11) is 0. The van der Waals surface area contributed by atoms with Gasteiger partial charge in [0, 0.05) is 29.3 Å². The number of nitrogens with zero attached hydrogens (tertiary/aromatic N) is 2. The van der Waals surface area contributed by atoms with Crippen molar-refractivity contribution in [3.63, 3.8) is 0 Å². The summed E-state index contributed by atoms with van der Waals surface area (Å²) in [6.07, 6.45) is 2.17. The van der Waals surface area contributed by atoms with Crippen LogP contribution in [0.4, 0.5) is 5.69 Å². The van der Waals surface area contributed by atoms with E-state index in [1.165, 1.54) is 11.3 Å². The summed E-state index contributed by atoms with van der Waals surface area (Å²) in [5, 5.41) is 1.33. The van der Waals surface area contributed by atoms with Gasteiger partial charge in [-0.15, -0.1) is 11.3 Å². The third-order valence-electron chi connectivity index (χ3n) is 5.15. The Kier molecular flexibility index (Phi) is 7.37. The maximum atomic E-state index is 12.8. The first kappa shape index (κ1) is 23.9. The van der Waals surface area contributed by atoms with Crippen LogP contribution in [0, 0.1) is 0 Å². The molecule has 9 heteroatoms. The van der Waals surface area contributed by atoms with Crippen LogP contribution in [-0.2, 0) is 19.1 Å². The van der Waals surface area contributed by atoms with Crippen molar-refractivity contribution in [3.05, 3.63) is 84.3 Å². The van der Waals surface area contributed by atoms with Crippen LogP contribution in [-0.4, -0.2) is 43.2 Å². The van der Waals surface area contributed by atoms with E-state index in [0.717, 1.165) is 27.8 Å². The molecule has 0 N–H and O–H groups in total. The van der Waals surface area contributed by atoms with Gasteiger partial charge in [-0.1, -0.05) is 25.3 Å². The number of para-hydroxylation sites is 1. The lowest BCUT2D eigenvalue weighted by molar-refractivity contribution is -0.137. The average Bonchev–Trinajstić information content (AvgIpc) is 3.30. The molecule has 0 unspecified atom stereocenters. The third-order valence-corrected chi connectivity index (χ3v) is 6.22. The first-order chi connectivity index (χ1) is 17.0. The quantitative estimate of drug-likeness (QED) is 0.184. The van der Waals surface area contributed by atoms with Crippen LogP contribution < -0.4 is 10.5 Å². The summed E-state index contributed by atoms with van der Waals surface area (Å²) in [6.45, 7) is 7.60. The molecule has 4 aromatic rings. The van der Waals surface area contributed by atoms with Crippen molar-refractivity contribution in [1.82, 2.24) is 4.98 Å². The summed E-state index contributed by atoms with van der Waals surface area (Å²) in [5.74, 6) is -1.06. The number of ether oxygens (including phenoxy) is 2. The molecule has 0 atom stereocenters. The van der Waals surface area contributed by atoms with Gasteiger partial charge in [0.25, 0.3) is 0 Å². The molecule has 0 saturated heterocycles. The standard InChI is InChI=1S/C26H22N2O6S/c1-3-23(29)32-13-11-28(12-14-33-24(30)4-2)18-10-9-17-15-19(26(31)34-21(17)16-18)25-27-20-7-5-6-8-22(20)35-25/h3-10,15-16H,1-2,11-14H2. The number of hydrogen-bond donors (Lipinski definition) is 0. The number of thiazole rings is 1. The molecule has 0 saturated carbocycles. The number of esters is 2. The molecule has 4 rings (SSSR count). The molecule has 0 spiro atoms. The molecular formula is C26H22N2O6S. The second kappa shape index (κ2) is 10.8. The number of anilines is 1. The zero-order valence-corrected chi connectivity index (χ0v) is 19.6. The molecule has 0 fully saturated rings. The molecule has 2 aromatic carbocycles. The minimum atomic E-state index is -0.532. The fraction of sp³-hybridized carbons (Fsp3) is 0.154. The topological polar surface area (TPSA) is 98.9 Å². The van der Waals surface area contributed by atoms with Crippen molar-refractivity contribution in [1.29, 1.82) is 0 Å². The van der Waals surface area contributed by atoms with Gasteiger partial charge < -0.3 is 18.8 Å². The van der Waals surface area contributed by atoms with Crippen LogP contribution in [0.25, 0.3) is 31.8 Å². The first-order valence-corrected chi connectivity index (χ1v) is 11.6. The number of benzene rings is 2. The number of rotatable bonds is 10. The zero-order valence-electron chi connectivity index (χ0n) is 18.8. The van der Waals surface area contributed by atoms with Crippen molar-refractivity contribution in [2.45, 2.75) is 0 Å². The molecule has 178 valence electrons. The van der Waals surface area contributed by atoms with Crippen LogP contribution in [0.1, 0.15) is 0 Å². The van der Waals surface area contributed by atoms with Crippen molar-refractivity contribution >= 4 is 50.1 Å². The van der Waals surface area contributed by atoms with Crippen LogP contribution in [0.3, 0.4) is 0 Å². The molecule has 2 aromatic heterocycles. The van der Waals surface area contributed by atoms with Crippen LogP contribution in [0.15, 0.2) is 83.1 Å². The highest BCUT2D eigenvalue weighted by Crippen LogP contribution is 2.30. The summed E-state index contributed by atoms with van der Waals surface area (Å²) >= 11 is 1.43. The third kappa shape index (κ3) is 5.64. The Bertz CT molecular complexity index is 1410. The van der Waals surface area contributed by atoms with Crippen LogP contribution >= 0.6 is 11.3 Å². The molecule has 0 bridgehead atoms. The van der Waals surface area contributed by atoms with Crippen molar-refractivity contribution in [3.8, 4) is 10.6 Å². The highest BCUT2D eigenvalue weighted by Gasteiger charge is 2.15. The Labute approximate surface area is 204 Å². The Morgan fingerprint density at radius 2 is 1.69 bits per heavy atom. The normalized spacial score (nSPS) is 10.7. The Hall–Kier alpha value is -4.24. The molecule has 35 heavy (non-hydrogen) atoms. The minimum Gasteiger partial charge on any atom is -0.461 e. The monoisotopic (exact) mass is 490 g/mol. The van der Waals surface area contributed by atoms with Gasteiger partial charge >= 0.3 is 17.6 Å². The lowest BCUT2D eigenvalue weighted by Crippen LogP contribution is -2.32. The molecule has 2 heterocycles. The molecule has 0 amide bonds. The van der Waals surface area contributed by atoms with E-state index in [1.807, 2.05) is 41.3 Å². The maximum Gasteiger partial charge on any atom is 0.346 e. The SMILES string of the molecule is C=CC(=O)OCCN(CCOC(=O)C=C)c1ccc2cc(-c3nc4ccccc4s3)c(=O)oc2c1. The van der Waals surface area contributed by atoms with Gasteiger partial charge in [-0.3, -0.25) is 0 Å². The summed E-state index contributed by atoms with van der Waals surface area (Å²) in [6, 6.07) is 14.9. The van der Waals surface area contributed by atoms with E-state index >= 15 is 0 Å². The molecule has 0 radical (unpaired) electrons. The van der Waals surface area contributed by atoms with Crippen molar-refractivity contribution in [2.24, 2.45) is 0 Å². The molecular weight excluding hydrogens is 468 g/mol. The van der Waals surface area contributed by atoms with Gasteiger partial charge in [-0.2, -0.15) is 0 Å². The fourth-order valence-corrected chi connectivity index (χ4v) is 4.40. The summed E-state index contributed by atoms with van der Waals surface area (Å²) in [4.78, 5) is 42.0. The molecule has 0 aliphatic carbocycles. The molecule has 0 aliphatic heterocycles. The fourth-order valence-electron chi connectivity index (χ4n) is 3.43. The van der Waals surface area contributed by atoms with Gasteiger partial charge in [-0.25, -0.2) is 19.4 Å². The van der Waals surface area contributed by atoms with Gasteiger partial charge in [-0.05, 0) is 30.3 Å². The van der Waals surface area contributed by atoms with Gasteiger partial charge in [0.15, 0.2) is 0 Å². The van der Waals surface area contributed by atoms with E-state index < -0.39 is 17.6 Å². The second-order valence-electron chi connectivity index (χ2n) is 7.39. The number of aromatic nitrogens is 1. The number of fused-ring (bicyclic) bond motifs is 2. The maximum absolute atomic E-state index is 12.8. The lowest BCUT2D eigenvalue weighted by atomic mass is 10.1. The van der Waals surface area contributed by atoms with Crippen LogP contribution in [0.2, 0.25) is 0 Å². The van der Waals surface area contributed by atoms with Crippen molar-refractivity contribution in [2.75, 3.05) is 31.2 Å². The largest absolute Gasteiger partial charge is 0.461 e. The van der Waals surface area contributed by atoms with Gasteiger partial charge in [0.1, 0.15) is 23.8 Å². The summed E-state index contributed by atoms with van der Waals surface area (Å²) < 4.78 is 16.8. The van der Waals surface area contributed by atoms with E-state index in [2.05, 4.69) is 18.1 Å². The van der Waals surface area contributed by atoms with E-state index in [4.69, 9.17) is 13.9 Å². The number of carbonyl (C=O) groups excluding carboxylic acids is 2. The van der Waals surface area contributed by atoms with Gasteiger partial charge in [0.2, 0.25) is 0 Å². The smallest absolute Gasteiger partial charge is 0.346 e. The van der Waals surface area contributed by atoms with E-state index in [9.17, 15) is 14.4 Å². The number of carbonyl (C=O) groups is 2. The van der Waals surface area contributed by atoms with E-state index in [0.29, 0.717) is 34.9 Å². The minimum absolute atomic E-state index is 0.0960. The number of hydrogen-bond acceptors (Lipinski definition) is 9. The van der Waals surface area contributed by atoms with Gasteiger partial charge in [0.05, 0.1) is 28.9 Å². The lowest BCUT2D eigenvalue weighted by Gasteiger charge is -2.24. The average molecular weight is 491 g/mol. The Morgan fingerprint density at radius 1 is 1.00 bits per heavy atom. The van der Waals surface area contributed by atoms with E-state index in [-0.39, 0.29) is 13.2 Å². The molecule has 0 aliphatic rings. The Morgan fingerprint density at radius 3 is 2.34 bits per heavy atom. The van der Waals surface area contributed by atoms with Crippen LogP contribution in [0.5, 0.6) is 0 Å². The Balaban J connectivity index is 1.61. The van der Waals surface area contributed by atoms with E-state index in [1.54, 1.807) is 12.1 Å².